The molecule has 0 amide bonds. The molecule has 5 nitrogen and oxygen atoms in total. The van der Waals surface area contributed by atoms with Crippen LogP contribution in [0.3, 0.4) is 0 Å². The minimum Gasteiger partial charge on any atom is -0.490 e. The second-order valence-corrected chi connectivity index (χ2v) is 4.25. The second kappa shape index (κ2) is 7.67. The molecule has 2 rings (SSSR count). The van der Waals surface area contributed by atoms with Crippen LogP contribution in [0, 0.1) is 0 Å². The number of nitrogens with one attached hydrogen (secondary N) is 1. The minimum atomic E-state index is 0.516. The molecule has 108 valence electrons. The molecule has 0 saturated carbocycles. The summed E-state index contributed by atoms with van der Waals surface area (Å²) < 4.78 is 16.4. The van der Waals surface area contributed by atoms with Crippen LogP contribution in [-0.2, 0) is 11.3 Å². The summed E-state index contributed by atoms with van der Waals surface area (Å²) in [6.07, 6.45) is 0. The van der Waals surface area contributed by atoms with Crippen LogP contribution in [0.1, 0.15) is 12.6 Å². The Balaban J connectivity index is 2.09. The Kier molecular flexibility index (Phi) is 5.58. The zero-order valence-electron chi connectivity index (χ0n) is 11.9. The number of para-hydroxylation sites is 1. The fourth-order valence-electron chi connectivity index (χ4n) is 1.85. The first-order valence-electron chi connectivity index (χ1n) is 6.75. The normalized spacial score (nSPS) is 10.7. The van der Waals surface area contributed by atoms with E-state index in [-0.39, 0.29) is 0 Å². The van der Waals surface area contributed by atoms with Gasteiger partial charge in [0, 0.05) is 19.2 Å². The topological polar surface area (TPSA) is 56.5 Å². The van der Waals surface area contributed by atoms with E-state index in [1.807, 2.05) is 44.3 Å². The van der Waals surface area contributed by atoms with E-state index in [2.05, 4.69) is 10.5 Å². The molecule has 2 aromatic rings. The van der Waals surface area contributed by atoms with Crippen LogP contribution in [0.25, 0.3) is 11.3 Å². The summed E-state index contributed by atoms with van der Waals surface area (Å²) in [5.74, 6) is 1.49. The fourth-order valence-corrected chi connectivity index (χ4v) is 1.85. The second-order valence-electron chi connectivity index (χ2n) is 4.25. The van der Waals surface area contributed by atoms with Crippen molar-refractivity contribution in [2.45, 2.75) is 13.5 Å². The Morgan fingerprint density at radius 2 is 2.10 bits per heavy atom. The zero-order chi connectivity index (χ0) is 14.2. The predicted octanol–water partition coefficient (Wildman–Crippen LogP) is 2.48. The number of aromatic nitrogens is 1. The van der Waals surface area contributed by atoms with Crippen LogP contribution < -0.4 is 10.1 Å². The van der Waals surface area contributed by atoms with Gasteiger partial charge in [0.2, 0.25) is 0 Å². The van der Waals surface area contributed by atoms with E-state index in [4.69, 9.17) is 14.0 Å². The summed E-state index contributed by atoms with van der Waals surface area (Å²) in [7, 11) is 1.87. The van der Waals surface area contributed by atoms with Crippen LogP contribution in [0.15, 0.2) is 34.9 Å². The summed E-state index contributed by atoms with van der Waals surface area (Å²) in [5.41, 5.74) is 1.77. The smallest absolute Gasteiger partial charge is 0.170 e. The number of benzene rings is 1. The molecule has 5 heteroatoms. The molecule has 0 saturated heterocycles. The molecular weight excluding hydrogens is 256 g/mol. The van der Waals surface area contributed by atoms with Gasteiger partial charge in [-0.2, -0.15) is 0 Å². The lowest BCUT2D eigenvalue weighted by atomic mass is 10.1. The number of rotatable bonds is 8. The fraction of sp³-hybridized carbons (Fsp3) is 0.400. The SMILES string of the molecule is CCOCCOc1ccccc1-c1cc(CNC)no1. The van der Waals surface area contributed by atoms with Crippen molar-refractivity contribution in [3.8, 4) is 17.1 Å². The number of nitrogens with zero attached hydrogens (tertiary/aromatic N) is 1. The molecule has 1 N–H and O–H groups in total. The van der Waals surface area contributed by atoms with Crippen molar-refractivity contribution in [3.63, 3.8) is 0 Å². The summed E-state index contributed by atoms with van der Waals surface area (Å²) in [4.78, 5) is 0. The highest BCUT2D eigenvalue weighted by molar-refractivity contribution is 5.65. The van der Waals surface area contributed by atoms with E-state index in [9.17, 15) is 0 Å². The predicted molar refractivity (Wildman–Crippen MR) is 76.7 cm³/mol. The highest BCUT2D eigenvalue weighted by atomic mass is 16.5. The standard InChI is InChI=1S/C15H20N2O3/c1-3-18-8-9-19-14-7-5-4-6-13(14)15-10-12(11-16-2)17-20-15/h4-7,10,16H,3,8-9,11H2,1-2H3. The van der Waals surface area contributed by atoms with Crippen molar-refractivity contribution in [3.05, 3.63) is 36.0 Å². The van der Waals surface area contributed by atoms with Crippen LogP contribution in [0.4, 0.5) is 0 Å². The molecule has 0 atom stereocenters. The Labute approximate surface area is 118 Å². The van der Waals surface area contributed by atoms with E-state index >= 15 is 0 Å². The molecule has 1 heterocycles. The molecule has 0 bridgehead atoms. The van der Waals surface area contributed by atoms with Crippen LogP contribution in [0.2, 0.25) is 0 Å². The van der Waals surface area contributed by atoms with Gasteiger partial charge < -0.3 is 19.3 Å². The Morgan fingerprint density at radius 1 is 1.25 bits per heavy atom. The first-order valence-corrected chi connectivity index (χ1v) is 6.75. The largest absolute Gasteiger partial charge is 0.490 e. The lowest BCUT2D eigenvalue weighted by molar-refractivity contribution is 0.110. The van der Waals surface area contributed by atoms with Crippen LogP contribution in [0.5, 0.6) is 5.75 Å². The third-order valence-electron chi connectivity index (χ3n) is 2.76. The van der Waals surface area contributed by atoms with Gasteiger partial charge >= 0.3 is 0 Å². The molecule has 1 aromatic heterocycles. The quantitative estimate of drug-likeness (QED) is 0.751. The highest BCUT2D eigenvalue weighted by Gasteiger charge is 2.11. The molecular formula is C15H20N2O3. The molecule has 20 heavy (non-hydrogen) atoms. The van der Waals surface area contributed by atoms with Gasteiger partial charge in [-0.05, 0) is 26.1 Å². The van der Waals surface area contributed by atoms with Gasteiger partial charge in [0.15, 0.2) is 5.76 Å². The Hall–Kier alpha value is -1.85. The summed E-state index contributed by atoms with van der Waals surface area (Å²) >= 11 is 0. The van der Waals surface area contributed by atoms with Gasteiger partial charge in [-0.3, -0.25) is 0 Å². The van der Waals surface area contributed by atoms with Gasteiger partial charge in [-0.1, -0.05) is 17.3 Å². The van der Waals surface area contributed by atoms with Crippen LogP contribution >= 0.6 is 0 Å². The van der Waals surface area contributed by atoms with Gasteiger partial charge in [-0.25, -0.2) is 0 Å². The zero-order valence-corrected chi connectivity index (χ0v) is 11.9. The van der Waals surface area contributed by atoms with Crippen molar-refractivity contribution < 1.29 is 14.0 Å². The van der Waals surface area contributed by atoms with Crippen molar-refractivity contribution in [1.29, 1.82) is 0 Å². The maximum absolute atomic E-state index is 5.73. The molecule has 0 unspecified atom stereocenters. The first kappa shape index (κ1) is 14.6. The maximum atomic E-state index is 5.73. The number of hydrogen-bond acceptors (Lipinski definition) is 5. The van der Waals surface area contributed by atoms with Crippen molar-refractivity contribution >= 4 is 0 Å². The third kappa shape index (κ3) is 3.82. The van der Waals surface area contributed by atoms with Crippen molar-refractivity contribution in [1.82, 2.24) is 10.5 Å². The number of ether oxygens (including phenoxy) is 2. The lowest BCUT2D eigenvalue weighted by Crippen LogP contribution is -2.06. The van der Waals surface area contributed by atoms with E-state index in [1.165, 1.54) is 0 Å². The highest BCUT2D eigenvalue weighted by Crippen LogP contribution is 2.30. The van der Waals surface area contributed by atoms with Crippen molar-refractivity contribution in [2.24, 2.45) is 0 Å². The molecule has 0 aliphatic carbocycles. The Morgan fingerprint density at radius 3 is 2.90 bits per heavy atom. The molecule has 0 radical (unpaired) electrons. The molecule has 0 spiro atoms. The lowest BCUT2D eigenvalue weighted by Gasteiger charge is -2.09. The average molecular weight is 276 g/mol. The van der Waals surface area contributed by atoms with Gasteiger partial charge in [0.05, 0.1) is 17.9 Å². The van der Waals surface area contributed by atoms with Gasteiger partial charge in [0.1, 0.15) is 12.4 Å². The van der Waals surface area contributed by atoms with Gasteiger partial charge in [-0.15, -0.1) is 0 Å². The van der Waals surface area contributed by atoms with E-state index in [0.29, 0.717) is 32.1 Å². The molecule has 1 aromatic carbocycles. The molecule has 0 aliphatic heterocycles. The summed E-state index contributed by atoms with van der Waals surface area (Å²) in [6.45, 7) is 4.43. The minimum absolute atomic E-state index is 0.516. The van der Waals surface area contributed by atoms with Crippen molar-refractivity contribution in [2.75, 3.05) is 26.9 Å². The average Bonchev–Trinajstić information content (AvgIpc) is 2.93. The monoisotopic (exact) mass is 276 g/mol. The van der Waals surface area contributed by atoms with E-state index in [0.717, 1.165) is 17.0 Å². The third-order valence-corrected chi connectivity index (χ3v) is 2.76. The summed E-state index contributed by atoms with van der Waals surface area (Å²) in [5, 5.41) is 7.06. The van der Waals surface area contributed by atoms with Crippen LogP contribution in [-0.4, -0.2) is 32.0 Å². The first-order chi connectivity index (χ1) is 9.85. The molecule has 0 aliphatic rings. The van der Waals surface area contributed by atoms with E-state index < -0.39 is 0 Å². The molecule has 0 fully saturated rings. The number of hydrogen-bond donors (Lipinski definition) is 1. The maximum Gasteiger partial charge on any atom is 0.170 e. The van der Waals surface area contributed by atoms with Gasteiger partial charge in [0.25, 0.3) is 0 Å². The summed E-state index contributed by atoms with van der Waals surface area (Å²) in [6, 6.07) is 9.68. The van der Waals surface area contributed by atoms with E-state index in [1.54, 1.807) is 0 Å². The Bertz CT molecular complexity index is 525.